The van der Waals surface area contributed by atoms with Crippen molar-refractivity contribution in [1.29, 1.82) is 0 Å². The molecule has 6 rings (SSSR count). The third-order valence-electron chi connectivity index (χ3n) is 12.8. The van der Waals surface area contributed by atoms with E-state index in [9.17, 15) is 0 Å². The van der Waals surface area contributed by atoms with Gasteiger partial charge in [-0.1, -0.05) is 0 Å². The monoisotopic (exact) mass is 920 g/mol. The molecule has 0 heterocycles. The number of aryl methyl sites for hydroxylation is 2. The Morgan fingerprint density at radius 3 is 1.48 bits per heavy atom. The Morgan fingerprint density at radius 1 is 0.583 bits per heavy atom. The van der Waals surface area contributed by atoms with Crippen LogP contribution >= 0.6 is 0 Å². The first-order valence-electron chi connectivity index (χ1n) is 22.4. The average molecular weight is 923 g/mol. The predicted octanol–water partition coefficient (Wildman–Crippen LogP) is 9.26. The van der Waals surface area contributed by atoms with Crippen LogP contribution in [0.3, 0.4) is 0 Å². The molecule has 4 aromatic rings. The van der Waals surface area contributed by atoms with Crippen molar-refractivity contribution in [2.75, 3.05) is 0 Å². The maximum Gasteiger partial charge on any atom is -1.00 e. The Bertz CT molecular complexity index is 2250. The van der Waals surface area contributed by atoms with Gasteiger partial charge in [0.1, 0.15) is 0 Å². The summed E-state index contributed by atoms with van der Waals surface area (Å²) in [7, 11) is 0. The van der Waals surface area contributed by atoms with Crippen LogP contribution in [-0.2, 0) is 49.3 Å². The summed E-state index contributed by atoms with van der Waals surface area (Å²) in [5.74, 6) is 0.458. The largest absolute Gasteiger partial charge is 1.00 e. The number of rotatable bonds is 7. The Balaban J connectivity index is 0.00000397. The van der Waals surface area contributed by atoms with Crippen molar-refractivity contribution >= 4 is 6.48 Å². The van der Waals surface area contributed by atoms with E-state index in [0.29, 0.717) is 5.92 Å². The number of allylic oxidation sites excluding steroid dienone is 4. The van der Waals surface area contributed by atoms with E-state index < -0.39 is 21.3 Å². The van der Waals surface area contributed by atoms with E-state index in [-0.39, 0.29) is 51.9 Å². The van der Waals surface area contributed by atoms with Gasteiger partial charge in [-0.05, 0) is 0 Å². The molecule has 0 saturated carbocycles. The number of unbranched alkanes of at least 4 members (excludes halogenated alkanes) is 1. The van der Waals surface area contributed by atoms with Crippen LogP contribution in [0.25, 0.3) is 11.1 Å². The average Bonchev–Trinajstić information content (AvgIpc) is 3.69. The van der Waals surface area contributed by atoms with Crippen LogP contribution in [0.2, 0.25) is 0 Å². The Morgan fingerprint density at radius 2 is 1.05 bits per heavy atom. The van der Waals surface area contributed by atoms with Crippen molar-refractivity contribution in [3.8, 4) is 11.1 Å². The fourth-order valence-corrected chi connectivity index (χ4v) is 19.2. The Labute approximate surface area is 387 Å². The van der Waals surface area contributed by atoms with Gasteiger partial charge in [0, 0.05) is 0 Å². The smallest absolute Gasteiger partial charge is 1.00 e. The minimum atomic E-state index is -3.19. The zero-order valence-electron chi connectivity index (χ0n) is 40.7. The molecule has 2 aliphatic rings. The van der Waals surface area contributed by atoms with E-state index in [4.69, 9.17) is 0 Å². The van der Waals surface area contributed by atoms with E-state index in [1.165, 1.54) is 80.5 Å². The van der Waals surface area contributed by atoms with Crippen LogP contribution < -0.4 is 28.1 Å². The molecule has 3 heteroatoms. The fourth-order valence-electron chi connectivity index (χ4n) is 9.59. The first-order chi connectivity index (χ1) is 26.7. The summed E-state index contributed by atoms with van der Waals surface area (Å²) in [6.07, 6.45) is 10.2. The van der Waals surface area contributed by atoms with Gasteiger partial charge < -0.3 is 24.8 Å². The second-order valence-corrected chi connectivity index (χ2v) is 28.9. The molecule has 0 radical (unpaired) electrons. The first kappa shape index (κ1) is 50.3. The second kappa shape index (κ2) is 18.1. The quantitative estimate of drug-likeness (QED) is 0.153. The molecule has 0 aromatic heterocycles. The standard InChI is InChI=1S/C29H41.C15H14.C13H21.2ClH.Zr/c1-26(2,3)22-14-18-13-19-15-23(27(4,5)6)25(29(10,11)12)17-21(19)20(18)16-24(22)28(7,8)9;1-12-3-7-14(8-4-12)11-15-9-5-13(2)6-10-15;1-5-6-7-11-8-9-12(10-11)13(2,3)4;;;/h14,16-17H,13H2,1-12H3;3-10H,1-2H3;9-11H,5-7H2,1-4H3;2*1H;/q;;;;;+2/p-2. The normalized spacial score (nSPS) is 15.2. The SMILES string of the molecule is CCCCC1C=C(C(C)(C)C)C=[C]1[Zr+2](=[C](c1ccc(C)cc1)c1ccc(C)cc1)[c]1c2c(cc(C(C)(C)C)c1C(C)(C)C)-c1cc(C(C)(C)C)c(C(C)(C)C)cc1C2.[Cl-].[Cl-]. The topological polar surface area (TPSA) is 0 Å². The fraction of sp³-hybridized carbons (Fsp3) is 0.491. The molecular weight excluding hydrogens is 847 g/mol. The molecule has 60 heavy (non-hydrogen) atoms. The van der Waals surface area contributed by atoms with Crippen LogP contribution in [-0.4, -0.2) is 3.21 Å². The molecular formula is C57H76Cl2Zr. The summed E-state index contributed by atoms with van der Waals surface area (Å²) in [6, 6.07) is 27.3. The molecule has 0 saturated heterocycles. The van der Waals surface area contributed by atoms with Gasteiger partial charge in [-0.3, -0.25) is 0 Å². The van der Waals surface area contributed by atoms with E-state index in [2.05, 4.69) is 204 Å². The van der Waals surface area contributed by atoms with Crippen molar-refractivity contribution in [2.24, 2.45) is 11.3 Å². The molecule has 0 aliphatic heterocycles. The minimum Gasteiger partial charge on any atom is -1.00 e. The molecule has 0 bridgehead atoms. The summed E-state index contributed by atoms with van der Waals surface area (Å²) in [4.78, 5) is 0. The van der Waals surface area contributed by atoms with Crippen LogP contribution in [0.4, 0.5) is 0 Å². The molecule has 1 unspecified atom stereocenters. The number of hydrogen-bond donors (Lipinski definition) is 0. The molecule has 4 aromatic carbocycles. The zero-order valence-corrected chi connectivity index (χ0v) is 44.6. The molecule has 0 fully saturated rings. The van der Waals surface area contributed by atoms with Crippen LogP contribution in [0.1, 0.15) is 186 Å². The summed E-state index contributed by atoms with van der Waals surface area (Å²) in [5, 5.41) is 0. The summed E-state index contributed by atoms with van der Waals surface area (Å²) >= 11 is -3.19. The number of hydrogen-bond acceptors (Lipinski definition) is 0. The van der Waals surface area contributed by atoms with E-state index in [1.54, 1.807) is 20.9 Å². The molecule has 2 aliphatic carbocycles. The van der Waals surface area contributed by atoms with Gasteiger partial charge in [-0.2, -0.15) is 0 Å². The van der Waals surface area contributed by atoms with Gasteiger partial charge in [-0.15, -0.1) is 0 Å². The van der Waals surface area contributed by atoms with Crippen molar-refractivity contribution < 1.29 is 46.1 Å². The van der Waals surface area contributed by atoms with Gasteiger partial charge in [0.15, 0.2) is 0 Å². The Kier molecular flexibility index (Phi) is 15.1. The van der Waals surface area contributed by atoms with Crippen LogP contribution in [0.5, 0.6) is 0 Å². The van der Waals surface area contributed by atoms with Crippen LogP contribution in [0, 0.1) is 25.2 Å². The van der Waals surface area contributed by atoms with Gasteiger partial charge in [0.25, 0.3) is 0 Å². The molecule has 1 atom stereocenters. The molecule has 0 N–H and O–H groups in total. The van der Waals surface area contributed by atoms with Gasteiger partial charge in [0.05, 0.1) is 0 Å². The molecule has 0 spiro atoms. The number of fused-ring (bicyclic) bond motifs is 3. The first-order valence-corrected chi connectivity index (χ1v) is 26.1. The third-order valence-corrected chi connectivity index (χ3v) is 20.7. The second-order valence-electron chi connectivity index (χ2n) is 23.1. The predicted molar refractivity (Wildman–Crippen MR) is 253 cm³/mol. The van der Waals surface area contributed by atoms with Crippen LogP contribution in [0.15, 0.2) is 87.7 Å². The van der Waals surface area contributed by atoms with Gasteiger partial charge in [-0.25, -0.2) is 0 Å². The van der Waals surface area contributed by atoms with Gasteiger partial charge in [0.2, 0.25) is 0 Å². The zero-order chi connectivity index (χ0) is 42.9. The third kappa shape index (κ3) is 10.2. The summed E-state index contributed by atoms with van der Waals surface area (Å²) in [5.41, 5.74) is 19.4. The molecule has 0 amide bonds. The summed E-state index contributed by atoms with van der Waals surface area (Å²) in [6.45, 7) is 43.5. The minimum absolute atomic E-state index is 0. The molecule has 322 valence electrons. The Hall–Kier alpha value is -2.31. The van der Waals surface area contributed by atoms with Crippen molar-refractivity contribution in [3.05, 3.63) is 143 Å². The molecule has 0 nitrogen and oxygen atoms in total. The van der Waals surface area contributed by atoms with Crippen molar-refractivity contribution in [2.45, 2.75) is 172 Å². The van der Waals surface area contributed by atoms with Crippen molar-refractivity contribution in [1.82, 2.24) is 0 Å². The van der Waals surface area contributed by atoms with E-state index >= 15 is 0 Å². The van der Waals surface area contributed by atoms with E-state index in [1.807, 2.05) is 0 Å². The number of halogens is 2. The van der Waals surface area contributed by atoms with Gasteiger partial charge >= 0.3 is 366 Å². The number of benzene rings is 4. The summed E-state index contributed by atoms with van der Waals surface area (Å²) < 4.78 is 5.17. The van der Waals surface area contributed by atoms with Crippen molar-refractivity contribution in [3.63, 3.8) is 0 Å². The maximum atomic E-state index is 2.76. The maximum absolute atomic E-state index is 3.19. The van der Waals surface area contributed by atoms with E-state index in [0.717, 1.165) is 6.42 Å².